The first-order valence-corrected chi connectivity index (χ1v) is 9.98. The van der Waals surface area contributed by atoms with Crippen molar-refractivity contribution in [3.63, 3.8) is 0 Å². The van der Waals surface area contributed by atoms with E-state index in [9.17, 15) is 0 Å². The number of hydrogen-bond acceptors (Lipinski definition) is 3. The molecular formula is C17H33N3OS. The van der Waals surface area contributed by atoms with E-state index in [2.05, 4.69) is 36.2 Å². The molecule has 22 heavy (non-hydrogen) atoms. The number of thioether (sulfide) groups is 1. The van der Waals surface area contributed by atoms with Crippen LogP contribution >= 0.6 is 11.8 Å². The Morgan fingerprint density at radius 3 is 2.77 bits per heavy atom. The number of guanidine groups is 1. The number of hydrogen-bond donors (Lipinski definition) is 2. The summed E-state index contributed by atoms with van der Waals surface area (Å²) in [6, 6.07) is 0. The molecule has 0 aromatic rings. The largest absolute Gasteiger partial charge is 0.378 e. The highest BCUT2D eigenvalue weighted by Crippen LogP contribution is 2.37. The van der Waals surface area contributed by atoms with Crippen LogP contribution in [0.1, 0.15) is 58.8 Å². The summed E-state index contributed by atoms with van der Waals surface area (Å²) in [6.07, 6.45) is 9.40. The zero-order valence-electron chi connectivity index (χ0n) is 14.3. The normalized spacial score (nSPS) is 26.5. The molecule has 128 valence electrons. The second-order valence-electron chi connectivity index (χ2n) is 6.65. The lowest BCUT2D eigenvalue weighted by Crippen LogP contribution is -2.39. The van der Waals surface area contributed by atoms with E-state index in [1.54, 1.807) is 0 Å². The molecule has 0 bridgehead atoms. The summed E-state index contributed by atoms with van der Waals surface area (Å²) < 4.78 is 6.24. The monoisotopic (exact) mass is 327 g/mol. The van der Waals surface area contributed by atoms with Gasteiger partial charge in [0.25, 0.3) is 0 Å². The fourth-order valence-electron chi connectivity index (χ4n) is 3.13. The quantitative estimate of drug-likeness (QED) is 0.408. The van der Waals surface area contributed by atoms with Crippen molar-refractivity contribution in [2.45, 2.75) is 69.6 Å². The van der Waals surface area contributed by atoms with Crippen molar-refractivity contribution in [3.8, 4) is 0 Å². The maximum Gasteiger partial charge on any atom is 0.191 e. The fraction of sp³-hybridized carbons (Fsp3) is 0.941. The van der Waals surface area contributed by atoms with Crippen molar-refractivity contribution in [2.75, 3.05) is 32.0 Å². The lowest BCUT2D eigenvalue weighted by Gasteiger charge is -2.21. The van der Waals surface area contributed by atoms with Crippen LogP contribution in [0.15, 0.2) is 4.99 Å². The molecule has 2 N–H and O–H groups in total. The van der Waals surface area contributed by atoms with Crippen LogP contribution in [0.3, 0.4) is 0 Å². The summed E-state index contributed by atoms with van der Waals surface area (Å²) in [5.74, 6) is 2.24. The molecule has 0 radical (unpaired) electrons. The maximum atomic E-state index is 5.90. The Morgan fingerprint density at radius 1 is 1.27 bits per heavy atom. The van der Waals surface area contributed by atoms with E-state index >= 15 is 0 Å². The number of nitrogens with one attached hydrogen (secondary N) is 2. The zero-order valence-corrected chi connectivity index (χ0v) is 15.1. The van der Waals surface area contributed by atoms with Crippen molar-refractivity contribution < 1.29 is 4.74 Å². The highest BCUT2D eigenvalue weighted by Gasteiger charge is 2.29. The van der Waals surface area contributed by atoms with Gasteiger partial charge in [-0.15, -0.1) is 0 Å². The average molecular weight is 328 g/mol. The van der Waals surface area contributed by atoms with Crippen LogP contribution in [0.4, 0.5) is 0 Å². The molecule has 0 amide bonds. The molecule has 1 aliphatic heterocycles. The summed E-state index contributed by atoms with van der Waals surface area (Å²) in [7, 11) is 0. The lowest BCUT2D eigenvalue weighted by atomic mass is 10.1. The van der Waals surface area contributed by atoms with Crippen molar-refractivity contribution >= 4 is 17.7 Å². The van der Waals surface area contributed by atoms with E-state index in [0.717, 1.165) is 38.6 Å². The molecule has 0 spiro atoms. The van der Waals surface area contributed by atoms with Gasteiger partial charge >= 0.3 is 0 Å². The molecule has 0 aromatic heterocycles. The molecule has 5 heteroatoms. The Kier molecular flexibility index (Phi) is 7.87. The smallest absolute Gasteiger partial charge is 0.191 e. The van der Waals surface area contributed by atoms with E-state index in [1.165, 1.54) is 44.3 Å². The summed E-state index contributed by atoms with van der Waals surface area (Å²) in [5, 5.41) is 6.78. The van der Waals surface area contributed by atoms with Gasteiger partial charge in [-0.05, 0) is 51.7 Å². The predicted octanol–water partition coefficient (Wildman–Crippen LogP) is 3.18. The molecule has 2 aliphatic rings. The highest BCUT2D eigenvalue weighted by molar-refractivity contribution is 8.00. The molecule has 4 nitrogen and oxygen atoms in total. The van der Waals surface area contributed by atoms with Crippen LogP contribution in [0.5, 0.6) is 0 Å². The zero-order chi connectivity index (χ0) is 15.7. The first kappa shape index (κ1) is 17.9. The summed E-state index contributed by atoms with van der Waals surface area (Å²) in [5.41, 5.74) is 0. The fourth-order valence-corrected chi connectivity index (χ4v) is 4.36. The Hall–Kier alpha value is -0.420. The van der Waals surface area contributed by atoms with E-state index in [0.29, 0.717) is 10.9 Å². The third kappa shape index (κ3) is 6.37. The number of rotatable bonds is 8. The summed E-state index contributed by atoms with van der Waals surface area (Å²) >= 11 is 2.07. The van der Waals surface area contributed by atoms with Crippen LogP contribution in [0, 0.1) is 0 Å². The van der Waals surface area contributed by atoms with Gasteiger partial charge in [-0.25, -0.2) is 0 Å². The van der Waals surface area contributed by atoms with Crippen molar-refractivity contribution in [1.82, 2.24) is 10.6 Å². The third-order valence-electron chi connectivity index (χ3n) is 4.49. The minimum absolute atomic E-state index is 0.341. The van der Waals surface area contributed by atoms with Crippen LogP contribution in [-0.2, 0) is 4.74 Å². The molecule has 0 aromatic carbocycles. The second kappa shape index (κ2) is 9.66. The average Bonchev–Trinajstić information content (AvgIpc) is 3.16. The van der Waals surface area contributed by atoms with Crippen molar-refractivity contribution in [3.05, 3.63) is 0 Å². The topological polar surface area (TPSA) is 45.7 Å². The van der Waals surface area contributed by atoms with Gasteiger partial charge in [-0.2, -0.15) is 11.8 Å². The van der Waals surface area contributed by atoms with Gasteiger partial charge in [-0.3, -0.25) is 4.99 Å². The number of nitrogens with zero attached hydrogens (tertiary/aromatic N) is 1. The molecule has 2 rings (SSSR count). The number of aliphatic imine (C=N–C) groups is 1. The molecule has 1 unspecified atom stereocenters. The predicted molar refractivity (Wildman–Crippen MR) is 96.9 cm³/mol. The van der Waals surface area contributed by atoms with Crippen LogP contribution < -0.4 is 10.6 Å². The second-order valence-corrected chi connectivity index (χ2v) is 8.34. The van der Waals surface area contributed by atoms with Gasteiger partial charge in [0.15, 0.2) is 5.96 Å². The van der Waals surface area contributed by atoms with Gasteiger partial charge < -0.3 is 15.4 Å². The van der Waals surface area contributed by atoms with Gasteiger partial charge in [-0.1, -0.05) is 12.8 Å². The molecule has 1 saturated heterocycles. The van der Waals surface area contributed by atoms with Crippen molar-refractivity contribution in [1.29, 1.82) is 0 Å². The molecule has 1 heterocycles. The highest BCUT2D eigenvalue weighted by atomic mass is 32.2. The van der Waals surface area contributed by atoms with Gasteiger partial charge in [0.05, 0.1) is 12.6 Å². The Balaban J connectivity index is 1.62. The molecule has 1 atom stereocenters. The van der Waals surface area contributed by atoms with Crippen LogP contribution in [0.25, 0.3) is 0 Å². The minimum atomic E-state index is 0.341. The Morgan fingerprint density at radius 2 is 2.09 bits per heavy atom. The number of ether oxygens (including phenoxy) is 1. The first-order valence-electron chi connectivity index (χ1n) is 8.99. The Bertz CT molecular complexity index is 337. The minimum Gasteiger partial charge on any atom is -0.378 e. The molecule has 1 aliphatic carbocycles. The summed E-state index contributed by atoms with van der Waals surface area (Å²) in [6.45, 7) is 8.08. The summed E-state index contributed by atoms with van der Waals surface area (Å²) in [4.78, 5) is 4.78. The van der Waals surface area contributed by atoms with Gasteiger partial charge in [0, 0.05) is 24.4 Å². The molecule has 1 saturated carbocycles. The molecule has 2 fully saturated rings. The maximum absolute atomic E-state index is 5.90. The standard InChI is InChI=1S/C17H33N3OS/c1-3-18-16(20-14-17(2)10-6-13-22-17)19-11-7-12-21-15-8-4-5-9-15/h15H,3-14H2,1-2H3,(H2,18,19,20). The van der Waals surface area contributed by atoms with Gasteiger partial charge in [0.1, 0.15) is 0 Å². The third-order valence-corrected chi connectivity index (χ3v) is 6.01. The van der Waals surface area contributed by atoms with Gasteiger partial charge in [0.2, 0.25) is 0 Å². The SMILES string of the molecule is CCNC(=NCC1(C)CCCS1)NCCCOC1CCCC1. The lowest BCUT2D eigenvalue weighted by molar-refractivity contribution is 0.0574. The van der Waals surface area contributed by atoms with Crippen molar-refractivity contribution in [2.24, 2.45) is 4.99 Å². The van der Waals surface area contributed by atoms with Crippen LogP contribution in [0.2, 0.25) is 0 Å². The molecular weight excluding hydrogens is 294 g/mol. The van der Waals surface area contributed by atoms with E-state index in [-0.39, 0.29) is 0 Å². The van der Waals surface area contributed by atoms with E-state index in [4.69, 9.17) is 9.73 Å². The van der Waals surface area contributed by atoms with Crippen LogP contribution in [-0.4, -0.2) is 48.8 Å². The van der Waals surface area contributed by atoms with E-state index < -0.39 is 0 Å². The van der Waals surface area contributed by atoms with E-state index in [1.807, 2.05) is 0 Å². The first-order chi connectivity index (χ1) is 10.7. The Labute approximate surface area is 140 Å².